The van der Waals surface area contributed by atoms with Gasteiger partial charge in [-0.05, 0) is 48.7 Å². The van der Waals surface area contributed by atoms with E-state index in [1.807, 2.05) is 72.8 Å². The number of amidine groups is 2. The molecule has 0 saturated carbocycles. The lowest BCUT2D eigenvalue weighted by Crippen LogP contribution is -2.41. The maximum Gasteiger partial charge on any atom is 0.259 e. The fraction of sp³-hybridized carbons (Fsp3) is 0.258. The average Bonchev–Trinajstić information content (AvgIpc) is 3.34. The van der Waals surface area contributed by atoms with Crippen LogP contribution in [0, 0.1) is 0 Å². The van der Waals surface area contributed by atoms with Gasteiger partial charge in [-0.2, -0.15) is 0 Å². The molecule has 2 aliphatic rings. The average molecular weight is 570 g/mol. The molecule has 0 aromatic heterocycles. The molecule has 210 valence electrons. The minimum absolute atomic E-state index is 0.0730. The van der Waals surface area contributed by atoms with Gasteiger partial charge in [0, 0.05) is 29.8 Å². The Morgan fingerprint density at radius 2 is 1.76 bits per heavy atom. The molecule has 3 aromatic carbocycles. The van der Waals surface area contributed by atoms with Crippen LogP contribution in [0.3, 0.4) is 0 Å². The van der Waals surface area contributed by atoms with E-state index in [0.717, 1.165) is 17.5 Å². The monoisotopic (exact) mass is 569 g/mol. The molecule has 10 heteroatoms. The van der Waals surface area contributed by atoms with Gasteiger partial charge < -0.3 is 15.4 Å². The smallest absolute Gasteiger partial charge is 0.259 e. The molecule has 0 aliphatic carbocycles. The summed E-state index contributed by atoms with van der Waals surface area (Å²) in [5.41, 5.74) is 4.20. The number of fused-ring (bicyclic) bond motifs is 3. The number of ether oxygens (including phenoxy) is 1. The van der Waals surface area contributed by atoms with E-state index in [0.29, 0.717) is 34.7 Å². The van der Waals surface area contributed by atoms with Crippen molar-refractivity contribution in [2.75, 3.05) is 18.2 Å². The van der Waals surface area contributed by atoms with Crippen LogP contribution < -0.4 is 15.4 Å². The zero-order valence-corrected chi connectivity index (χ0v) is 23.7. The Kier molecular flexibility index (Phi) is 8.79. The first-order valence-electron chi connectivity index (χ1n) is 13.5. The van der Waals surface area contributed by atoms with Crippen LogP contribution in [0.2, 0.25) is 0 Å². The first-order chi connectivity index (χ1) is 20.0. The number of anilines is 1. The summed E-state index contributed by atoms with van der Waals surface area (Å²) in [6, 6.07) is 21.9. The number of hydrogen-bond donors (Lipinski definition) is 2. The van der Waals surface area contributed by atoms with E-state index in [1.165, 1.54) is 22.2 Å². The number of para-hydroxylation sites is 2. The summed E-state index contributed by atoms with van der Waals surface area (Å²) in [6.07, 6.45) is 1.31. The van der Waals surface area contributed by atoms with Crippen molar-refractivity contribution in [3.05, 3.63) is 89.5 Å². The normalized spacial score (nSPS) is 15.4. The molecule has 2 aliphatic heterocycles. The van der Waals surface area contributed by atoms with Crippen molar-refractivity contribution in [1.82, 2.24) is 10.2 Å². The van der Waals surface area contributed by atoms with Crippen LogP contribution in [-0.4, -0.2) is 52.5 Å². The van der Waals surface area contributed by atoms with Crippen molar-refractivity contribution in [2.24, 2.45) is 9.98 Å². The third kappa shape index (κ3) is 6.49. The molecule has 0 saturated heterocycles. The van der Waals surface area contributed by atoms with Crippen molar-refractivity contribution in [3.8, 4) is 5.75 Å². The number of carbonyl (C=O) groups is 3. The number of carbonyl (C=O) groups excluding carboxylic acids is 3. The van der Waals surface area contributed by atoms with Gasteiger partial charge in [-0.15, -0.1) is 0 Å². The molecule has 41 heavy (non-hydrogen) atoms. The number of rotatable bonds is 10. The third-order valence-corrected chi connectivity index (χ3v) is 7.78. The molecular formula is C31H31N5O4S. The van der Waals surface area contributed by atoms with Crippen LogP contribution in [-0.2, 0) is 27.3 Å². The van der Waals surface area contributed by atoms with Crippen LogP contribution in [0.25, 0.3) is 0 Å². The lowest BCUT2D eigenvalue weighted by Gasteiger charge is -2.25. The summed E-state index contributed by atoms with van der Waals surface area (Å²) in [5.74, 6) is 0.638. The fourth-order valence-corrected chi connectivity index (χ4v) is 5.44. The quantitative estimate of drug-likeness (QED) is 0.368. The Hall–Kier alpha value is -4.44. The van der Waals surface area contributed by atoms with Crippen LogP contribution in [0.1, 0.15) is 36.5 Å². The molecule has 2 heterocycles. The maximum absolute atomic E-state index is 13.5. The minimum Gasteiger partial charge on any atom is -0.496 e. The zero-order chi connectivity index (χ0) is 28.8. The molecule has 3 amide bonds. The summed E-state index contributed by atoms with van der Waals surface area (Å²) < 4.78 is 5.34. The molecular weight excluding hydrogens is 538 g/mol. The van der Waals surface area contributed by atoms with Gasteiger partial charge in [0.2, 0.25) is 11.8 Å². The second-order valence-corrected chi connectivity index (χ2v) is 10.5. The topological polar surface area (TPSA) is 112 Å². The van der Waals surface area contributed by atoms with Gasteiger partial charge in [0.15, 0.2) is 5.17 Å². The van der Waals surface area contributed by atoms with Gasteiger partial charge >= 0.3 is 0 Å². The third-order valence-electron chi connectivity index (χ3n) is 6.84. The lowest BCUT2D eigenvalue weighted by molar-refractivity contribution is -0.125. The molecule has 0 spiro atoms. The van der Waals surface area contributed by atoms with Crippen LogP contribution in [0.15, 0.2) is 82.8 Å². The van der Waals surface area contributed by atoms with Crippen molar-refractivity contribution in [3.63, 3.8) is 0 Å². The Bertz CT molecular complexity index is 1520. The van der Waals surface area contributed by atoms with E-state index in [9.17, 15) is 14.4 Å². The first-order valence-corrected chi connectivity index (χ1v) is 14.5. The highest BCUT2D eigenvalue weighted by Crippen LogP contribution is 2.34. The summed E-state index contributed by atoms with van der Waals surface area (Å²) in [6.45, 7) is 2.40. The largest absolute Gasteiger partial charge is 0.496 e. The predicted octanol–water partition coefficient (Wildman–Crippen LogP) is 4.68. The van der Waals surface area contributed by atoms with Gasteiger partial charge in [-0.25, -0.2) is 9.89 Å². The molecule has 0 unspecified atom stereocenters. The number of hydrogen-bond acceptors (Lipinski definition) is 7. The summed E-state index contributed by atoms with van der Waals surface area (Å²) in [7, 11) is 1.59. The van der Waals surface area contributed by atoms with Crippen molar-refractivity contribution < 1.29 is 19.1 Å². The van der Waals surface area contributed by atoms with Crippen LogP contribution in [0.5, 0.6) is 5.75 Å². The van der Waals surface area contributed by atoms with Gasteiger partial charge in [0.25, 0.3) is 5.91 Å². The van der Waals surface area contributed by atoms with Crippen molar-refractivity contribution >= 4 is 51.9 Å². The minimum atomic E-state index is -0.718. The number of benzene rings is 3. The van der Waals surface area contributed by atoms with Crippen molar-refractivity contribution in [1.29, 1.82) is 0 Å². The number of amides is 3. The van der Waals surface area contributed by atoms with E-state index < -0.39 is 6.04 Å². The summed E-state index contributed by atoms with van der Waals surface area (Å²) in [5, 5.41) is 6.18. The summed E-state index contributed by atoms with van der Waals surface area (Å²) in [4.78, 5) is 49.7. The second kappa shape index (κ2) is 12.8. The molecule has 0 radical (unpaired) electrons. The van der Waals surface area contributed by atoms with Gasteiger partial charge in [0.05, 0.1) is 18.6 Å². The molecule has 5 rings (SSSR count). The molecule has 1 atom stereocenters. The first kappa shape index (κ1) is 28.1. The number of thioether (sulfide) groups is 1. The van der Waals surface area contributed by atoms with E-state index in [4.69, 9.17) is 9.73 Å². The number of aliphatic imine (C=N–C) groups is 2. The van der Waals surface area contributed by atoms with E-state index in [2.05, 4.69) is 22.5 Å². The van der Waals surface area contributed by atoms with Crippen molar-refractivity contribution in [2.45, 2.75) is 38.8 Å². The number of aryl methyl sites for hydroxylation is 1. The molecule has 0 bridgehead atoms. The predicted molar refractivity (Wildman–Crippen MR) is 162 cm³/mol. The maximum atomic E-state index is 13.5. The Morgan fingerprint density at radius 3 is 2.54 bits per heavy atom. The number of nitrogens with zero attached hydrogens (tertiary/aromatic N) is 3. The van der Waals surface area contributed by atoms with E-state index >= 15 is 0 Å². The van der Waals surface area contributed by atoms with Gasteiger partial charge in [-0.3, -0.25) is 19.4 Å². The van der Waals surface area contributed by atoms with Crippen LogP contribution in [0.4, 0.5) is 11.4 Å². The SMILES string of the molecule is CCc1ccc(NC(=O)CSC2=Nc3ccccc3C3=N[C@H](CCC(=O)NCc4ccccc4OC)C(=O)N23)cc1. The summed E-state index contributed by atoms with van der Waals surface area (Å²) >= 11 is 1.18. The van der Waals surface area contributed by atoms with Gasteiger partial charge in [0.1, 0.15) is 17.6 Å². The Labute approximate surface area is 243 Å². The standard InChI is InChI=1S/C31H31N5O4S/c1-3-20-12-14-22(15-13-20)33-28(38)19-41-31-35-24-10-6-5-9-23(24)29-34-25(30(39)36(29)31)16-17-27(37)32-18-21-8-4-7-11-26(21)40-2/h4-15,25H,3,16-19H2,1-2H3,(H,32,37)(H,33,38)/t25-/m1/s1. The highest BCUT2D eigenvalue weighted by Gasteiger charge is 2.41. The lowest BCUT2D eigenvalue weighted by atomic mass is 10.1. The number of nitrogens with one attached hydrogen (secondary N) is 2. The molecule has 2 N–H and O–H groups in total. The Balaban J connectivity index is 1.22. The highest BCUT2D eigenvalue weighted by molar-refractivity contribution is 8.14. The number of methoxy groups -OCH3 is 1. The van der Waals surface area contributed by atoms with Crippen LogP contribution >= 0.6 is 11.8 Å². The zero-order valence-electron chi connectivity index (χ0n) is 22.9. The van der Waals surface area contributed by atoms with E-state index in [-0.39, 0.29) is 36.3 Å². The molecule has 9 nitrogen and oxygen atoms in total. The van der Waals surface area contributed by atoms with E-state index in [1.54, 1.807) is 7.11 Å². The second-order valence-electron chi connectivity index (χ2n) is 9.57. The highest BCUT2D eigenvalue weighted by atomic mass is 32.2. The Morgan fingerprint density at radius 1 is 1.00 bits per heavy atom. The molecule has 0 fully saturated rings. The molecule has 3 aromatic rings. The fourth-order valence-electron chi connectivity index (χ4n) is 4.64. The van der Waals surface area contributed by atoms with Gasteiger partial charge in [-0.1, -0.05) is 61.2 Å².